The molecule has 0 bridgehead atoms. The van der Waals surface area contributed by atoms with E-state index >= 15 is 0 Å². The third-order valence-electron chi connectivity index (χ3n) is 6.72. The van der Waals surface area contributed by atoms with Crippen LogP contribution in [-0.4, -0.2) is 59.8 Å². The van der Waals surface area contributed by atoms with Crippen LogP contribution in [0.4, 0.5) is 0 Å². The number of rotatable bonds is 15. The van der Waals surface area contributed by atoms with Gasteiger partial charge in [0.1, 0.15) is 23.0 Å². The number of aliphatic hydroxyl groups excluding tert-OH is 1. The van der Waals surface area contributed by atoms with Crippen LogP contribution < -0.4 is 14.2 Å². The predicted molar refractivity (Wildman–Crippen MR) is 149 cm³/mol. The number of benzene rings is 2. The Morgan fingerprint density at radius 2 is 1.50 bits per heavy atom. The van der Waals surface area contributed by atoms with Gasteiger partial charge in [-0.05, 0) is 70.2 Å². The Morgan fingerprint density at radius 1 is 0.900 bits per heavy atom. The normalized spacial score (nSPS) is 16.2. The molecule has 0 saturated heterocycles. The monoisotopic (exact) mass is 556 g/mol. The van der Waals surface area contributed by atoms with Crippen LogP contribution in [0.1, 0.15) is 91.6 Å². The van der Waals surface area contributed by atoms with E-state index in [2.05, 4.69) is 0 Å². The first kappa shape index (κ1) is 30.9. The summed E-state index contributed by atoms with van der Waals surface area (Å²) >= 11 is 0. The highest BCUT2D eigenvalue weighted by Crippen LogP contribution is 2.38. The van der Waals surface area contributed by atoms with Crippen LogP contribution in [0.25, 0.3) is 0 Å². The van der Waals surface area contributed by atoms with Crippen LogP contribution in [0.15, 0.2) is 24.3 Å². The molecule has 0 saturated carbocycles. The first-order valence-corrected chi connectivity index (χ1v) is 14.1. The molecule has 1 aliphatic heterocycles. The first-order chi connectivity index (χ1) is 19.2. The van der Waals surface area contributed by atoms with Crippen LogP contribution in [0, 0.1) is 0 Å². The topological polar surface area (TPSA) is 129 Å². The second-order valence-electron chi connectivity index (χ2n) is 9.77. The fraction of sp³-hybridized carbons (Fsp3) is 0.516. The number of carbonyl (C=O) groups excluding carboxylic acids is 3. The minimum Gasteiger partial charge on any atom is -0.507 e. The number of phenolic OH excluding ortho intramolecular Hbond substituents is 1. The molecule has 2 N–H and O–H groups in total. The van der Waals surface area contributed by atoms with Gasteiger partial charge in [-0.3, -0.25) is 9.59 Å². The summed E-state index contributed by atoms with van der Waals surface area (Å²) in [5, 5.41) is 20.8. The maximum Gasteiger partial charge on any atom is 0.350 e. The molecule has 0 aliphatic carbocycles. The van der Waals surface area contributed by atoms with Gasteiger partial charge in [-0.25, -0.2) is 4.79 Å². The molecule has 0 spiro atoms. The Hall–Kier alpha value is -3.59. The molecule has 0 radical (unpaired) electrons. The SMILES string of the molecule is CCCc1c(OCCCCCOc2ccc3c(c2CCC)OC(C(=O)OCC)C(O)C3=O)ccc(C(C)=O)c1O. The Balaban J connectivity index is 1.58. The zero-order chi connectivity index (χ0) is 29.2. The quantitative estimate of drug-likeness (QED) is 0.177. The van der Waals surface area contributed by atoms with Crippen molar-refractivity contribution < 1.29 is 43.5 Å². The zero-order valence-electron chi connectivity index (χ0n) is 23.8. The zero-order valence-corrected chi connectivity index (χ0v) is 23.8. The van der Waals surface area contributed by atoms with Crippen LogP contribution in [0.2, 0.25) is 0 Å². The highest BCUT2D eigenvalue weighted by atomic mass is 16.6. The molecule has 1 aliphatic rings. The second-order valence-corrected chi connectivity index (χ2v) is 9.77. The Labute approximate surface area is 235 Å². The fourth-order valence-corrected chi connectivity index (χ4v) is 4.72. The summed E-state index contributed by atoms with van der Waals surface area (Å²) in [6, 6.07) is 6.61. The molecule has 40 heavy (non-hydrogen) atoms. The number of fused-ring (bicyclic) bond motifs is 1. The number of unbranched alkanes of at least 4 members (excludes halogenated alkanes) is 2. The number of aliphatic hydroxyl groups is 1. The van der Waals surface area contributed by atoms with Crippen molar-refractivity contribution in [2.45, 2.75) is 84.8 Å². The van der Waals surface area contributed by atoms with Crippen LogP contribution >= 0.6 is 0 Å². The summed E-state index contributed by atoms with van der Waals surface area (Å²) in [5.41, 5.74) is 1.88. The number of carbonyl (C=O) groups is 3. The van der Waals surface area contributed by atoms with Crippen molar-refractivity contribution in [1.82, 2.24) is 0 Å². The van der Waals surface area contributed by atoms with Crippen molar-refractivity contribution in [3.05, 3.63) is 46.5 Å². The van der Waals surface area contributed by atoms with E-state index in [0.29, 0.717) is 54.2 Å². The molecule has 2 unspecified atom stereocenters. The number of Topliss-reactive ketones (excluding diaryl/α,β-unsaturated/α-hetero) is 2. The Bertz CT molecular complexity index is 1200. The number of hydrogen-bond donors (Lipinski definition) is 2. The van der Waals surface area contributed by atoms with E-state index in [9.17, 15) is 24.6 Å². The van der Waals surface area contributed by atoms with Gasteiger partial charge in [0.15, 0.2) is 17.7 Å². The maximum absolute atomic E-state index is 12.8. The molecule has 2 atom stereocenters. The van der Waals surface area contributed by atoms with Crippen molar-refractivity contribution in [3.8, 4) is 23.0 Å². The van der Waals surface area contributed by atoms with E-state index in [4.69, 9.17) is 18.9 Å². The molecule has 0 fully saturated rings. The molecular weight excluding hydrogens is 516 g/mol. The minimum absolute atomic E-state index is 0.00180. The van der Waals surface area contributed by atoms with E-state index in [0.717, 1.165) is 32.1 Å². The van der Waals surface area contributed by atoms with Gasteiger partial charge in [-0.15, -0.1) is 0 Å². The van der Waals surface area contributed by atoms with Crippen molar-refractivity contribution >= 4 is 17.5 Å². The summed E-state index contributed by atoms with van der Waals surface area (Å²) in [4.78, 5) is 36.8. The molecule has 0 amide bonds. The Kier molecular flexibility index (Phi) is 11.4. The van der Waals surface area contributed by atoms with Gasteiger partial charge >= 0.3 is 5.97 Å². The fourth-order valence-electron chi connectivity index (χ4n) is 4.72. The number of phenols is 1. The lowest BCUT2D eigenvalue weighted by Crippen LogP contribution is -2.48. The molecule has 1 heterocycles. The number of hydrogen-bond acceptors (Lipinski definition) is 9. The average Bonchev–Trinajstić information content (AvgIpc) is 2.92. The molecule has 218 valence electrons. The summed E-state index contributed by atoms with van der Waals surface area (Å²) in [6.45, 7) is 8.07. The highest BCUT2D eigenvalue weighted by Gasteiger charge is 2.42. The van der Waals surface area contributed by atoms with Gasteiger partial charge < -0.3 is 29.2 Å². The van der Waals surface area contributed by atoms with Crippen molar-refractivity contribution in [1.29, 1.82) is 0 Å². The van der Waals surface area contributed by atoms with Gasteiger partial charge in [-0.2, -0.15) is 0 Å². The standard InChI is InChI=1S/C31H40O9/c1-5-11-21-24(15-13-20(19(4)32)26(21)33)38-17-9-8-10-18-39-25-16-14-23-27(34)28(35)30(31(36)37-7-3)40-29(23)22(25)12-6-2/h13-16,28,30,33,35H,5-12,17-18H2,1-4H3. The van der Waals surface area contributed by atoms with Crippen molar-refractivity contribution in [2.24, 2.45) is 0 Å². The predicted octanol–water partition coefficient (Wildman–Crippen LogP) is 5.00. The molecule has 0 aromatic heterocycles. The van der Waals surface area contributed by atoms with E-state index in [-0.39, 0.29) is 29.5 Å². The molecule has 9 heteroatoms. The first-order valence-electron chi connectivity index (χ1n) is 14.1. The molecule has 9 nitrogen and oxygen atoms in total. The molecule has 3 rings (SSSR count). The number of esters is 1. The number of aromatic hydroxyl groups is 1. The van der Waals surface area contributed by atoms with Gasteiger partial charge in [0.25, 0.3) is 0 Å². The number of ketones is 2. The third-order valence-corrected chi connectivity index (χ3v) is 6.72. The third kappa shape index (κ3) is 7.13. The van der Waals surface area contributed by atoms with E-state index in [1.807, 2.05) is 13.8 Å². The highest BCUT2D eigenvalue weighted by molar-refractivity contribution is 6.06. The van der Waals surface area contributed by atoms with E-state index in [1.165, 1.54) is 6.92 Å². The van der Waals surface area contributed by atoms with Gasteiger partial charge in [0.05, 0.1) is 30.9 Å². The van der Waals surface area contributed by atoms with Gasteiger partial charge in [0, 0.05) is 11.1 Å². The van der Waals surface area contributed by atoms with E-state index in [1.54, 1.807) is 31.2 Å². The lowest BCUT2D eigenvalue weighted by Gasteiger charge is -2.30. The van der Waals surface area contributed by atoms with Gasteiger partial charge in [-0.1, -0.05) is 26.7 Å². The van der Waals surface area contributed by atoms with Crippen LogP contribution in [0.5, 0.6) is 23.0 Å². The maximum atomic E-state index is 12.8. The lowest BCUT2D eigenvalue weighted by atomic mass is 9.93. The second kappa shape index (κ2) is 14.7. The van der Waals surface area contributed by atoms with Crippen LogP contribution in [0.3, 0.4) is 0 Å². The summed E-state index contributed by atoms with van der Waals surface area (Å²) in [5.74, 6) is -0.0955. The smallest absolute Gasteiger partial charge is 0.350 e. The summed E-state index contributed by atoms with van der Waals surface area (Å²) < 4.78 is 22.8. The number of ether oxygens (including phenoxy) is 4. The van der Waals surface area contributed by atoms with E-state index < -0.39 is 24.0 Å². The van der Waals surface area contributed by atoms with Crippen LogP contribution in [-0.2, 0) is 22.4 Å². The summed E-state index contributed by atoms with van der Waals surface area (Å²) in [7, 11) is 0. The lowest BCUT2D eigenvalue weighted by molar-refractivity contribution is -0.156. The van der Waals surface area contributed by atoms with Gasteiger partial charge in [0.2, 0.25) is 6.10 Å². The Morgan fingerprint density at radius 3 is 2.10 bits per heavy atom. The minimum atomic E-state index is -1.62. The van der Waals surface area contributed by atoms with Crippen molar-refractivity contribution in [2.75, 3.05) is 19.8 Å². The molecule has 2 aromatic carbocycles. The summed E-state index contributed by atoms with van der Waals surface area (Å²) in [6.07, 6.45) is 2.09. The molecular formula is C31H40O9. The largest absolute Gasteiger partial charge is 0.507 e. The van der Waals surface area contributed by atoms with Crippen molar-refractivity contribution in [3.63, 3.8) is 0 Å². The molecule has 2 aromatic rings. The average molecular weight is 557 g/mol.